The molecule has 1 atom stereocenters. The molecule has 1 heteroatoms. The molecule has 0 spiro atoms. The molecule has 0 aliphatic carbocycles. The summed E-state index contributed by atoms with van der Waals surface area (Å²) in [7, 11) is 0. The summed E-state index contributed by atoms with van der Waals surface area (Å²) in [6, 6.07) is 0. The summed E-state index contributed by atoms with van der Waals surface area (Å²) < 4.78 is 0.660. The maximum Gasteiger partial charge on any atom is 0.0132 e. The van der Waals surface area contributed by atoms with Crippen LogP contribution >= 0.6 is 11.8 Å². The van der Waals surface area contributed by atoms with Gasteiger partial charge in [0.05, 0.1) is 0 Å². The van der Waals surface area contributed by atoms with E-state index in [1.165, 1.54) is 50.7 Å². The molecule has 0 bridgehead atoms. The molecule has 0 N–H and O–H groups in total. The van der Waals surface area contributed by atoms with Crippen LogP contribution in [-0.2, 0) is 0 Å². The van der Waals surface area contributed by atoms with Crippen LogP contribution in [0.4, 0.5) is 0 Å². The molecule has 0 nitrogen and oxygen atoms in total. The molecular weight excluding hydrogens is 164 g/mol. The van der Waals surface area contributed by atoms with Gasteiger partial charge in [-0.25, -0.2) is 0 Å². The van der Waals surface area contributed by atoms with Gasteiger partial charge < -0.3 is 0 Å². The zero-order chi connectivity index (χ0) is 8.86. The number of thioether (sulfide) groups is 1. The lowest BCUT2D eigenvalue weighted by atomic mass is 9.98. The highest BCUT2D eigenvalue weighted by Gasteiger charge is 2.28. The van der Waals surface area contributed by atoms with Crippen LogP contribution in [0.2, 0.25) is 0 Å². The van der Waals surface area contributed by atoms with Gasteiger partial charge in [0.1, 0.15) is 0 Å². The predicted octanol–water partition coefficient (Wildman–Crippen LogP) is 4.24. The summed E-state index contributed by atoms with van der Waals surface area (Å²) in [5, 5.41) is 0. The molecule has 0 aromatic rings. The lowest BCUT2D eigenvalue weighted by Gasteiger charge is -2.22. The number of hydrogen-bond donors (Lipinski definition) is 0. The molecule has 1 fully saturated rings. The summed E-state index contributed by atoms with van der Waals surface area (Å²) in [4.78, 5) is 0. The van der Waals surface area contributed by atoms with Crippen molar-refractivity contribution in [3.8, 4) is 0 Å². The first-order valence-electron chi connectivity index (χ1n) is 5.41. The third-order valence-electron chi connectivity index (χ3n) is 2.86. The Hall–Kier alpha value is 0.350. The van der Waals surface area contributed by atoms with Gasteiger partial charge in [-0.05, 0) is 25.0 Å². The van der Waals surface area contributed by atoms with E-state index in [2.05, 4.69) is 25.6 Å². The van der Waals surface area contributed by atoms with Gasteiger partial charge in [0, 0.05) is 4.75 Å². The molecule has 72 valence electrons. The van der Waals surface area contributed by atoms with Crippen molar-refractivity contribution in [3.05, 3.63) is 0 Å². The Morgan fingerprint density at radius 2 is 2.08 bits per heavy atom. The molecule has 0 aromatic carbocycles. The lowest BCUT2D eigenvalue weighted by Crippen LogP contribution is -2.14. The van der Waals surface area contributed by atoms with Crippen LogP contribution in [0, 0.1) is 0 Å². The van der Waals surface area contributed by atoms with Crippen molar-refractivity contribution >= 4 is 11.8 Å². The highest BCUT2D eigenvalue weighted by molar-refractivity contribution is 8.00. The van der Waals surface area contributed by atoms with E-state index < -0.39 is 0 Å². The third kappa shape index (κ3) is 3.38. The van der Waals surface area contributed by atoms with E-state index in [-0.39, 0.29) is 0 Å². The zero-order valence-corrected chi connectivity index (χ0v) is 9.38. The van der Waals surface area contributed by atoms with Crippen molar-refractivity contribution in [1.82, 2.24) is 0 Å². The maximum absolute atomic E-state index is 2.45. The van der Waals surface area contributed by atoms with Gasteiger partial charge >= 0.3 is 0 Å². The molecular formula is C11H22S. The standard InChI is InChI=1S/C11H22S/c1-3-4-5-6-8-11(2)9-7-10-12-11/h3-10H2,1-2H3. The van der Waals surface area contributed by atoms with E-state index >= 15 is 0 Å². The Kier molecular flexibility index (Phi) is 4.49. The molecule has 1 rings (SSSR count). The fraction of sp³-hybridized carbons (Fsp3) is 1.00. The Labute approximate surface area is 81.5 Å². The van der Waals surface area contributed by atoms with Gasteiger partial charge in [0.15, 0.2) is 0 Å². The molecule has 0 saturated carbocycles. The van der Waals surface area contributed by atoms with Crippen LogP contribution in [0.3, 0.4) is 0 Å². The van der Waals surface area contributed by atoms with Crippen molar-refractivity contribution in [2.75, 3.05) is 5.75 Å². The average molecular weight is 186 g/mol. The Balaban J connectivity index is 2.05. The molecule has 1 aliphatic heterocycles. The van der Waals surface area contributed by atoms with Crippen molar-refractivity contribution in [2.24, 2.45) is 0 Å². The predicted molar refractivity (Wildman–Crippen MR) is 58.9 cm³/mol. The van der Waals surface area contributed by atoms with Crippen LogP contribution in [0.25, 0.3) is 0 Å². The molecule has 0 amide bonds. The average Bonchev–Trinajstić information content (AvgIpc) is 2.47. The van der Waals surface area contributed by atoms with Crippen molar-refractivity contribution in [2.45, 2.75) is 63.5 Å². The quantitative estimate of drug-likeness (QED) is 0.579. The summed E-state index contributed by atoms with van der Waals surface area (Å²) >= 11 is 2.20. The van der Waals surface area contributed by atoms with Crippen LogP contribution < -0.4 is 0 Å². The molecule has 0 radical (unpaired) electrons. The van der Waals surface area contributed by atoms with E-state index in [9.17, 15) is 0 Å². The zero-order valence-electron chi connectivity index (χ0n) is 8.57. The maximum atomic E-state index is 2.45. The van der Waals surface area contributed by atoms with Crippen molar-refractivity contribution in [3.63, 3.8) is 0 Å². The Bertz CT molecular complexity index is 114. The van der Waals surface area contributed by atoms with Crippen LogP contribution in [0.1, 0.15) is 58.8 Å². The van der Waals surface area contributed by atoms with Gasteiger partial charge in [0.25, 0.3) is 0 Å². The summed E-state index contributed by atoms with van der Waals surface area (Å²) in [6.45, 7) is 4.74. The first-order chi connectivity index (χ1) is 5.77. The number of hydrogen-bond acceptors (Lipinski definition) is 1. The molecule has 1 saturated heterocycles. The normalized spacial score (nSPS) is 29.5. The number of rotatable bonds is 5. The topological polar surface area (TPSA) is 0 Å². The second-order valence-corrected chi connectivity index (χ2v) is 5.90. The van der Waals surface area contributed by atoms with E-state index in [0.717, 1.165) is 0 Å². The summed E-state index contributed by atoms with van der Waals surface area (Å²) in [5.41, 5.74) is 0. The molecule has 1 unspecified atom stereocenters. The minimum atomic E-state index is 0.660. The second kappa shape index (κ2) is 5.16. The fourth-order valence-electron chi connectivity index (χ4n) is 1.96. The van der Waals surface area contributed by atoms with E-state index in [4.69, 9.17) is 0 Å². The minimum Gasteiger partial charge on any atom is -0.155 e. The first-order valence-corrected chi connectivity index (χ1v) is 6.39. The van der Waals surface area contributed by atoms with Crippen molar-refractivity contribution in [1.29, 1.82) is 0 Å². The fourth-order valence-corrected chi connectivity index (χ4v) is 3.32. The van der Waals surface area contributed by atoms with E-state index in [0.29, 0.717) is 4.75 Å². The van der Waals surface area contributed by atoms with Gasteiger partial charge in [-0.1, -0.05) is 39.5 Å². The number of unbranched alkanes of at least 4 members (excludes halogenated alkanes) is 3. The van der Waals surface area contributed by atoms with E-state index in [1.54, 1.807) is 0 Å². The van der Waals surface area contributed by atoms with E-state index in [1.807, 2.05) is 0 Å². The monoisotopic (exact) mass is 186 g/mol. The lowest BCUT2D eigenvalue weighted by molar-refractivity contribution is 0.514. The largest absolute Gasteiger partial charge is 0.155 e. The van der Waals surface area contributed by atoms with Crippen LogP contribution in [0.5, 0.6) is 0 Å². The van der Waals surface area contributed by atoms with Crippen LogP contribution in [-0.4, -0.2) is 10.5 Å². The molecule has 0 aromatic heterocycles. The highest BCUT2D eigenvalue weighted by atomic mass is 32.2. The van der Waals surface area contributed by atoms with Gasteiger partial charge in [-0.3, -0.25) is 0 Å². The van der Waals surface area contributed by atoms with Gasteiger partial charge in [-0.15, -0.1) is 0 Å². The summed E-state index contributed by atoms with van der Waals surface area (Å²) in [5.74, 6) is 1.41. The SMILES string of the molecule is CCCCCCC1(C)CCCS1. The molecule has 1 heterocycles. The Morgan fingerprint density at radius 3 is 2.67 bits per heavy atom. The molecule has 12 heavy (non-hydrogen) atoms. The van der Waals surface area contributed by atoms with Crippen LogP contribution in [0.15, 0.2) is 0 Å². The first kappa shape index (κ1) is 10.4. The summed E-state index contributed by atoms with van der Waals surface area (Å²) in [6.07, 6.45) is 10.1. The van der Waals surface area contributed by atoms with Crippen molar-refractivity contribution < 1.29 is 0 Å². The third-order valence-corrected chi connectivity index (χ3v) is 4.46. The smallest absolute Gasteiger partial charge is 0.0132 e. The molecule has 1 aliphatic rings. The minimum absolute atomic E-state index is 0.660. The second-order valence-electron chi connectivity index (χ2n) is 4.21. The Morgan fingerprint density at radius 1 is 1.25 bits per heavy atom. The van der Waals surface area contributed by atoms with Gasteiger partial charge in [-0.2, -0.15) is 11.8 Å². The highest BCUT2D eigenvalue weighted by Crippen LogP contribution is 2.41. The van der Waals surface area contributed by atoms with Gasteiger partial charge in [0.2, 0.25) is 0 Å².